The van der Waals surface area contributed by atoms with Gasteiger partial charge in [-0.2, -0.15) is 0 Å². The Bertz CT molecular complexity index is 425. The molecule has 0 aliphatic carbocycles. The zero-order chi connectivity index (χ0) is 16.5. The molecule has 0 aliphatic heterocycles. The van der Waals surface area contributed by atoms with E-state index in [-0.39, 0.29) is 19.4 Å². The van der Waals surface area contributed by atoms with E-state index in [0.29, 0.717) is 4.48 Å². The van der Waals surface area contributed by atoms with Crippen LogP contribution in [0.25, 0.3) is 0 Å². The van der Waals surface area contributed by atoms with Gasteiger partial charge in [0.15, 0.2) is 5.41 Å². The van der Waals surface area contributed by atoms with E-state index in [0.717, 1.165) is 0 Å². The molecular weight excluding hydrogens is 344 g/mol. The van der Waals surface area contributed by atoms with Crippen LogP contribution in [0.3, 0.4) is 0 Å². The number of hydrogen-bond acceptors (Lipinski definition) is 6. The van der Waals surface area contributed by atoms with Gasteiger partial charge in [0.2, 0.25) is 0 Å². The average molecular weight is 363 g/mol. The van der Waals surface area contributed by atoms with Crippen molar-refractivity contribution in [1.82, 2.24) is 0 Å². The highest BCUT2D eigenvalue weighted by Gasteiger charge is 2.47. The fourth-order valence-electron chi connectivity index (χ4n) is 1.71. The van der Waals surface area contributed by atoms with Gasteiger partial charge in [0.1, 0.15) is 6.61 Å². The Morgan fingerprint density at radius 2 is 1.71 bits per heavy atom. The SMILES string of the molecule is C=CCC(C/C(Br)=C/COC(C)=O)(C(=O)OC)C(=O)OC. The number of methoxy groups -OCH3 is 2. The van der Waals surface area contributed by atoms with Crippen LogP contribution in [0.5, 0.6) is 0 Å². The maximum atomic E-state index is 12.0. The molecule has 0 fully saturated rings. The molecule has 0 aliphatic rings. The largest absolute Gasteiger partial charge is 0.468 e. The Morgan fingerprint density at radius 1 is 1.19 bits per heavy atom. The zero-order valence-electron chi connectivity index (χ0n) is 12.3. The molecule has 0 bridgehead atoms. The number of esters is 3. The molecule has 0 radical (unpaired) electrons. The zero-order valence-corrected chi connectivity index (χ0v) is 13.9. The van der Waals surface area contributed by atoms with Gasteiger partial charge in [-0.3, -0.25) is 14.4 Å². The standard InChI is InChI=1S/C14H19BrO6/c1-5-7-14(12(17)19-3,13(18)20-4)9-11(15)6-8-21-10(2)16/h5-6H,1,7-9H2,2-4H3/b11-6-. The Balaban J connectivity index is 5.29. The summed E-state index contributed by atoms with van der Waals surface area (Å²) in [6, 6.07) is 0. The summed E-state index contributed by atoms with van der Waals surface area (Å²) in [5, 5.41) is 0. The maximum absolute atomic E-state index is 12.0. The van der Waals surface area contributed by atoms with E-state index in [9.17, 15) is 14.4 Å². The van der Waals surface area contributed by atoms with E-state index in [1.807, 2.05) is 0 Å². The molecule has 0 heterocycles. The minimum atomic E-state index is -1.52. The molecule has 21 heavy (non-hydrogen) atoms. The number of halogens is 1. The Hall–Kier alpha value is -1.63. The lowest BCUT2D eigenvalue weighted by Crippen LogP contribution is -2.41. The molecular formula is C14H19BrO6. The first-order valence-corrected chi connectivity index (χ1v) is 6.89. The van der Waals surface area contributed by atoms with Gasteiger partial charge in [-0.05, 0) is 17.0 Å². The molecule has 0 unspecified atom stereocenters. The van der Waals surface area contributed by atoms with Gasteiger partial charge in [0, 0.05) is 13.3 Å². The highest BCUT2D eigenvalue weighted by Crippen LogP contribution is 2.35. The quantitative estimate of drug-likeness (QED) is 0.285. The van der Waals surface area contributed by atoms with Crippen molar-refractivity contribution in [2.45, 2.75) is 19.8 Å². The van der Waals surface area contributed by atoms with Crippen molar-refractivity contribution in [1.29, 1.82) is 0 Å². The van der Waals surface area contributed by atoms with Crippen LogP contribution in [0.4, 0.5) is 0 Å². The van der Waals surface area contributed by atoms with Crippen molar-refractivity contribution in [2.75, 3.05) is 20.8 Å². The molecule has 7 heteroatoms. The van der Waals surface area contributed by atoms with Crippen LogP contribution in [-0.2, 0) is 28.6 Å². The smallest absolute Gasteiger partial charge is 0.323 e. The number of rotatable bonds is 8. The van der Waals surface area contributed by atoms with E-state index >= 15 is 0 Å². The third kappa shape index (κ3) is 5.71. The predicted molar refractivity (Wildman–Crippen MR) is 79.5 cm³/mol. The second-order valence-corrected chi connectivity index (χ2v) is 5.21. The van der Waals surface area contributed by atoms with Crippen LogP contribution in [0.1, 0.15) is 19.8 Å². The van der Waals surface area contributed by atoms with Gasteiger partial charge < -0.3 is 14.2 Å². The minimum Gasteiger partial charge on any atom is -0.468 e. The summed E-state index contributed by atoms with van der Waals surface area (Å²) in [5.41, 5.74) is -1.52. The molecule has 0 spiro atoms. The summed E-state index contributed by atoms with van der Waals surface area (Å²) >= 11 is 3.25. The third-order valence-corrected chi connectivity index (χ3v) is 3.31. The topological polar surface area (TPSA) is 78.9 Å². The van der Waals surface area contributed by atoms with Crippen molar-refractivity contribution in [3.05, 3.63) is 23.2 Å². The fraction of sp³-hybridized carbons (Fsp3) is 0.500. The van der Waals surface area contributed by atoms with E-state index < -0.39 is 23.3 Å². The fourth-order valence-corrected chi connectivity index (χ4v) is 2.32. The number of hydrogen-bond donors (Lipinski definition) is 0. The molecule has 0 N–H and O–H groups in total. The van der Waals surface area contributed by atoms with Crippen molar-refractivity contribution < 1.29 is 28.6 Å². The number of allylic oxidation sites excluding steroid dienone is 2. The first-order valence-electron chi connectivity index (χ1n) is 6.09. The van der Waals surface area contributed by atoms with Crippen LogP contribution in [0.15, 0.2) is 23.2 Å². The van der Waals surface area contributed by atoms with Crippen molar-refractivity contribution in [3.8, 4) is 0 Å². The number of carbonyl (C=O) groups excluding carboxylic acids is 3. The van der Waals surface area contributed by atoms with Crippen molar-refractivity contribution in [3.63, 3.8) is 0 Å². The van der Waals surface area contributed by atoms with Crippen LogP contribution in [-0.4, -0.2) is 38.7 Å². The van der Waals surface area contributed by atoms with Gasteiger partial charge in [-0.1, -0.05) is 22.0 Å². The van der Waals surface area contributed by atoms with Gasteiger partial charge in [0.25, 0.3) is 0 Å². The molecule has 0 aromatic rings. The maximum Gasteiger partial charge on any atom is 0.323 e. The molecule has 0 aromatic heterocycles. The molecule has 6 nitrogen and oxygen atoms in total. The van der Waals surface area contributed by atoms with Crippen LogP contribution in [0.2, 0.25) is 0 Å². The first kappa shape index (κ1) is 19.4. The molecule has 0 aromatic carbocycles. The second-order valence-electron chi connectivity index (χ2n) is 4.19. The van der Waals surface area contributed by atoms with Gasteiger partial charge in [0.05, 0.1) is 14.2 Å². The lowest BCUT2D eigenvalue weighted by atomic mass is 9.81. The predicted octanol–water partition coefficient (Wildman–Crippen LogP) is 2.13. The Labute approximate surface area is 132 Å². The van der Waals surface area contributed by atoms with Crippen LogP contribution in [0, 0.1) is 5.41 Å². The lowest BCUT2D eigenvalue weighted by molar-refractivity contribution is -0.168. The Morgan fingerprint density at radius 3 is 2.10 bits per heavy atom. The van der Waals surface area contributed by atoms with Gasteiger partial charge in [-0.15, -0.1) is 6.58 Å². The molecule has 118 valence electrons. The third-order valence-electron chi connectivity index (χ3n) is 2.71. The Kier molecular flexibility index (Phi) is 8.61. The number of ether oxygens (including phenoxy) is 3. The van der Waals surface area contributed by atoms with Crippen molar-refractivity contribution >= 4 is 33.8 Å². The lowest BCUT2D eigenvalue weighted by Gasteiger charge is -2.26. The summed E-state index contributed by atoms with van der Waals surface area (Å²) in [6.45, 7) is 4.87. The van der Waals surface area contributed by atoms with E-state index in [4.69, 9.17) is 14.2 Å². The molecule has 0 rings (SSSR count). The van der Waals surface area contributed by atoms with E-state index in [1.165, 1.54) is 27.2 Å². The van der Waals surface area contributed by atoms with Crippen LogP contribution < -0.4 is 0 Å². The first-order chi connectivity index (χ1) is 9.83. The van der Waals surface area contributed by atoms with Gasteiger partial charge in [-0.25, -0.2) is 0 Å². The monoisotopic (exact) mass is 362 g/mol. The summed E-state index contributed by atoms with van der Waals surface area (Å²) in [6.07, 6.45) is 3.06. The summed E-state index contributed by atoms with van der Waals surface area (Å²) in [5.74, 6) is -1.86. The molecule has 0 saturated carbocycles. The molecule has 0 amide bonds. The summed E-state index contributed by atoms with van der Waals surface area (Å²) < 4.78 is 14.7. The summed E-state index contributed by atoms with van der Waals surface area (Å²) in [7, 11) is 2.39. The van der Waals surface area contributed by atoms with Crippen molar-refractivity contribution in [2.24, 2.45) is 5.41 Å². The van der Waals surface area contributed by atoms with Gasteiger partial charge >= 0.3 is 17.9 Å². The normalized spacial score (nSPS) is 11.5. The molecule has 0 saturated heterocycles. The molecule has 0 atom stereocenters. The minimum absolute atomic E-state index is 0.0135. The van der Waals surface area contributed by atoms with E-state index in [1.54, 1.807) is 6.08 Å². The van der Waals surface area contributed by atoms with E-state index in [2.05, 4.69) is 22.5 Å². The second kappa shape index (κ2) is 9.33. The van der Waals surface area contributed by atoms with Crippen LogP contribution >= 0.6 is 15.9 Å². The summed E-state index contributed by atoms with van der Waals surface area (Å²) in [4.78, 5) is 34.8. The highest BCUT2D eigenvalue weighted by atomic mass is 79.9. The average Bonchev–Trinajstić information content (AvgIpc) is 2.44. The highest BCUT2D eigenvalue weighted by molar-refractivity contribution is 9.11. The number of carbonyl (C=O) groups is 3.